The molecule has 2 N–H and O–H groups in total. The van der Waals surface area contributed by atoms with Gasteiger partial charge in [0.05, 0.1) is 19.1 Å². The molecular formula is C15H20O5. The number of aliphatic hydroxyl groups excluding tert-OH is 2. The number of aliphatic hydroxyl groups is 2. The normalized spacial score (nSPS) is 13.6. The molecule has 2 atom stereocenters. The number of ketones is 1. The van der Waals surface area contributed by atoms with Gasteiger partial charge in [-0.05, 0) is 25.0 Å². The molecule has 5 nitrogen and oxygen atoms in total. The fraction of sp³-hybridized carbons (Fsp3) is 0.467. The molecule has 0 aromatic heterocycles. The average molecular weight is 280 g/mol. The smallest absolute Gasteiger partial charge is 0.308 e. The van der Waals surface area contributed by atoms with Gasteiger partial charge in [-0.15, -0.1) is 0 Å². The van der Waals surface area contributed by atoms with Crippen molar-refractivity contribution in [3.05, 3.63) is 35.4 Å². The minimum absolute atomic E-state index is 0.0375. The Kier molecular flexibility index (Phi) is 6.35. The largest absolute Gasteiger partial charge is 0.466 e. The van der Waals surface area contributed by atoms with Crippen molar-refractivity contribution < 1.29 is 24.5 Å². The van der Waals surface area contributed by atoms with Gasteiger partial charge < -0.3 is 14.9 Å². The number of hydrogen-bond donors (Lipinski definition) is 2. The minimum Gasteiger partial charge on any atom is -0.466 e. The molecule has 0 fully saturated rings. The van der Waals surface area contributed by atoms with Crippen molar-refractivity contribution in [2.75, 3.05) is 6.61 Å². The molecule has 0 bridgehead atoms. The maximum absolute atomic E-state index is 11.3. The monoisotopic (exact) mass is 280 g/mol. The van der Waals surface area contributed by atoms with Gasteiger partial charge >= 0.3 is 5.97 Å². The van der Waals surface area contributed by atoms with E-state index in [2.05, 4.69) is 0 Å². The third-order valence-corrected chi connectivity index (χ3v) is 2.86. The lowest BCUT2D eigenvalue weighted by Crippen LogP contribution is -2.24. The molecule has 0 saturated carbocycles. The third kappa shape index (κ3) is 4.75. The van der Waals surface area contributed by atoms with Crippen molar-refractivity contribution in [1.82, 2.24) is 0 Å². The SMILES string of the molecule is CCOC(=O)CC(O)C(O)c1ccccc1CC(C)=O. The van der Waals surface area contributed by atoms with Crippen LogP contribution in [0.2, 0.25) is 0 Å². The number of hydrogen-bond acceptors (Lipinski definition) is 5. The quantitative estimate of drug-likeness (QED) is 0.732. The van der Waals surface area contributed by atoms with Gasteiger partial charge in [0.2, 0.25) is 0 Å². The zero-order valence-electron chi connectivity index (χ0n) is 11.7. The first kappa shape index (κ1) is 16.3. The maximum Gasteiger partial charge on any atom is 0.308 e. The molecule has 0 heterocycles. The highest BCUT2D eigenvalue weighted by Crippen LogP contribution is 2.23. The first-order chi connectivity index (χ1) is 9.45. The number of rotatable bonds is 7. The minimum atomic E-state index is -1.26. The molecule has 0 saturated heterocycles. The molecule has 1 aromatic carbocycles. The highest BCUT2D eigenvalue weighted by molar-refractivity contribution is 5.78. The van der Waals surface area contributed by atoms with E-state index in [1.54, 1.807) is 31.2 Å². The summed E-state index contributed by atoms with van der Waals surface area (Å²) >= 11 is 0. The van der Waals surface area contributed by atoms with Crippen LogP contribution in [-0.4, -0.2) is 34.7 Å². The van der Waals surface area contributed by atoms with Crippen LogP contribution in [0.1, 0.15) is 37.5 Å². The Morgan fingerprint density at radius 2 is 1.90 bits per heavy atom. The first-order valence-corrected chi connectivity index (χ1v) is 6.54. The molecule has 20 heavy (non-hydrogen) atoms. The second-order valence-corrected chi connectivity index (χ2v) is 4.60. The second-order valence-electron chi connectivity index (χ2n) is 4.60. The summed E-state index contributed by atoms with van der Waals surface area (Å²) < 4.78 is 4.73. The number of esters is 1. The Morgan fingerprint density at radius 3 is 2.50 bits per heavy atom. The standard InChI is InChI=1S/C15H20O5/c1-3-20-14(18)9-13(17)15(19)12-7-5-4-6-11(12)8-10(2)16/h4-7,13,15,17,19H,3,8-9H2,1-2H3. The zero-order chi connectivity index (χ0) is 15.1. The van der Waals surface area contributed by atoms with E-state index in [0.717, 1.165) is 0 Å². The summed E-state index contributed by atoms with van der Waals surface area (Å²) in [6.45, 7) is 3.35. The van der Waals surface area contributed by atoms with Crippen LogP contribution in [0.5, 0.6) is 0 Å². The number of benzene rings is 1. The summed E-state index contributed by atoms with van der Waals surface area (Å²) in [6.07, 6.45) is -2.60. The zero-order valence-corrected chi connectivity index (χ0v) is 11.7. The molecule has 0 radical (unpaired) electrons. The predicted molar refractivity (Wildman–Crippen MR) is 73.0 cm³/mol. The van der Waals surface area contributed by atoms with Crippen molar-refractivity contribution in [2.24, 2.45) is 0 Å². The Labute approximate surface area is 118 Å². The number of Topliss-reactive ketones (excluding diaryl/α,β-unsaturated/α-hetero) is 1. The van der Waals surface area contributed by atoms with E-state index in [0.29, 0.717) is 11.1 Å². The molecule has 2 unspecified atom stereocenters. The summed E-state index contributed by atoms with van der Waals surface area (Å²) in [5.41, 5.74) is 1.11. The maximum atomic E-state index is 11.3. The van der Waals surface area contributed by atoms with Crippen molar-refractivity contribution in [3.63, 3.8) is 0 Å². The molecule has 0 amide bonds. The van der Waals surface area contributed by atoms with Crippen molar-refractivity contribution in [3.8, 4) is 0 Å². The van der Waals surface area contributed by atoms with Crippen LogP contribution in [0.3, 0.4) is 0 Å². The summed E-state index contributed by atoms with van der Waals surface area (Å²) in [5, 5.41) is 20.0. The molecule has 1 rings (SSSR count). The van der Waals surface area contributed by atoms with E-state index in [9.17, 15) is 19.8 Å². The number of carbonyl (C=O) groups excluding carboxylic acids is 2. The van der Waals surface area contributed by atoms with Crippen LogP contribution in [0.15, 0.2) is 24.3 Å². The van der Waals surface area contributed by atoms with Gasteiger partial charge in [0.1, 0.15) is 11.9 Å². The van der Waals surface area contributed by atoms with Crippen LogP contribution in [0.25, 0.3) is 0 Å². The van der Waals surface area contributed by atoms with E-state index in [4.69, 9.17) is 4.74 Å². The first-order valence-electron chi connectivity index (χ1n) is 6.54. The Balaban J connectivity index is 2.82. The van der Waals surface area contributed by atoms with Gasteiger partial charge in [0, 0.05) is 6.42 Å². The van der Waals surface area contributed by atoms with Crippen LogP contribution in [0.4, 0.5) is 0 Å². The van der Waals surface area contributed by atoms with Crippen LogP contribution >= 0.6 is 0 Å². The van der Waals surface area contributed by atoms with Crippen LogP contribution in [-0.2, 0) is 20.7 Å². The summed E-state index contributed by atoms with van der Waals surface area (Å²) in [6, 6.07) is 6.82. The topological polar surface area (TPSA) is 83.8 Å². The van der Waals surface area contributed by atoms with Gasteiger partial charge in [-0.25, -0.2) is 0 Å². The number of ether oxygens (including phenoxy) is 1. The number of carbonyl (C=O) groups is 2. The van der Waals surface area contributed by atoms with E-state index in [-0.39, 0.29) is 25.2 Å². The lowest BCUT2D eigenvalue weighted by molar-refractivity contribution is -0.147. The van der Waals surface area contributed by atoms with Crippen LogP contribution in [0, 0.1) is 0 Å². The Morgan fingerprint density at radius 1 is 1.25 bits per heavy atom. The van der Waals surface area contributed by atoms with Crippen molar-refractivity contribution >= 4 is 11.8 Å². The van der Waals surface area contributed by atoms with Gasteiger partial charge in [-0.1, -0.05) is 24.3 Å². The molecule has 5 heteroatoms. The predicted octanol–water partition coefficient (Wildman–Crippen LogP) is 1.17. The average Bonchev–Trinajstić information content (AvgIpc) is 2.38. The Bertz CT molecular complexity index is 469. The van der Waals surface area contributed by atoms with E-state index >= 15 is 0 Å². The Hall–Kier alpha value is -1.72. The molecule has 110 valence electrons. The second kappa shape index (κ2) is 7.77. The molecule has 0 spiro atoms. The summed E-state index contributed by atoms with van der Waals surface area (Å²) in [4.78, 5) is 22.5. The van der Waals surface area contributed by atoms with Crippen LogP contribution < -0.4 is 0 Å². The third-order valence-electron chi connectivity index (χ3n) is 2.86. The van der Waals surface area contributed by atoms with Gasteiger partial charge in [-0.3, -0.25) is 9.59 Å². The highest BCUT2D eigenvalue weighted by Gasteiger charge is 2.24. The van der Waals surface area contributed by atoms with E-state index in [1.165, 1.54) is 6.92 Å². The van der Waals surface area contributed by atoms with E-state index < -0.39 is 18.2 Å². The fourth-order valence-electron chi connectivity index (χ4n) is 1.96. The molecule has 0 aliphatic heterocycles. The molecular weight excluding hydrogens is 260 g/mol. The molecule has 1 aromatic rings. The summed E-state index contributed by atoms with van der Waals surface area (Å²) in [5.74, 6) is -0.604. The summed E-state index contributed by atoms with van der Waals surface area (Å²) in [7, 11) is 0. The van der Waals surface area contributed by atoms with E-state index in [1.807, 2.05) is 0 Å². The highest BCUT2D eigenvalue weighted by atomic mass is 16.5. The van der Waals surface area contributed by atoms with Gasteiger partial charge in [-0.2, -0.15) is 0 Å². The van der Waals surface area contributed by atoms with Crippen molar-refractivity contribution in [1.29, 1.82) is 0 Å². The van der Waals surface area contributed by atoms with Gasteiger partial charge in [0.15, 0.2) is 0 Å². The molecule has 0 aliphatic rings. The molecule has 0 aliphatic carbocycles. The van der Waals surface area contributed by atoms with Gasteiger partial charge in [0.25, 0.3) is 0 Å². The lowest BCUT2D eigenvalue weighted by atomic mass is 9.94. The lowest BCUT2D eigenvalue weighted by Gasteiger charge is -2.20. The van der Waals surface area contributed by atoms with Crippen molar-refractivity contribution in [2.45, 2.75) is 38.9 Å². The fourth-order valence-corrected chi connectivity index (χ4v) is 1.96.